The van der Waals surface area contributed by atoms with Gasteiger partial charge in [-0.15, -0.1) is 0 Å². The molecule has 1 N–H and O–H groups in total. The number of para-hydroxylation sites is 1. The van der Waals surface area contributed by atoms with Gasteiger partial charge in [0.05, 0.1) is 13.0 Å². The standard InChI is InChI=1S/C18H18ClNO4/c1-12(18(22)20-11-17(21)23-2)15-5-3-4-6-16(15)24-14-9-7-13(19)8-10-14/h3-10,12H,11H2,1-2H3,(H,20,22). The maximum Gasteiger partial charge on any atom is 0.325 e. The summed E-state index contributed by atoms with van der Waals surface area (Å²) < 4.78 is 10.4. The zero-order chi connectivity index (χ0) is 17.5. The van der Waals surface area contributed by atoms with E-state index in [-0.39, 0.29) is 12.5 Å². The molecular weight excluding hydrogens is 330 g/mol. The maximum absolute atomic E-state index is 12.2. The second-order valence-corrected chi connectivity index (χ2v) is 5.55. The van der Waals surface area contributed by atoms with Gasteiger partial charge in [-0.25, -0.2) is 0 Å². The molecule has 0 aromatic heterocycles. The minimum atomic E-state index is -0.499. The lowest BCUT2D eigenvalue weighted by atomic mass is 9.99. The lowest BCUT2D eigenvalue weighted by molar-refractivity contribution is -0.141. The van der Waals surface area contributed by atoms with Crippen LogP contribution in [0.5, 0.6) is 11.5 Å². The summed E-state index contributed by atoms with van der Waals surface area (Å²) in [6, 6.07) is 14.2. The Balaban J connectivity index is 2.13. The molecule has 0 fully saturated rings. The Morgan fingerprint density at radius 3 is 2.46 bits per heavy atom. The molecule has 0 aliphatic heterocycles. The molecule has 0 bridgehead atoms. The van der Waals surface area contributed by atoms with Crippen molar-refractivity contribution in [3.63, 3.8) is 0 Å². The van der Waals surface area contributed by atoms with Crippen LogP contribution in [0.1, 0.15) is 18.4 Å². The van der Waals surface area contributed by atoms with Crippen molar-refractivity contribution < 1.29 is 19.1 Å². The summed E-state index contributed by atoms with van der Waals surface area (Å²) in [7, 11) is 1.27. The summed E-state index contributed by atoms with van der Waals surface area (Å²) in [4.78, 5) is 23.4. The predicted molar refractivity (Wildman–Crippen MR) is 91.4 cm³/mol. The van der Waals surface area contributed by atoms with Crippen molar-refractivity contribution in [3.05, 3.63) is 59.1 Å². The fraction of sp³-hybridized carbons (Fsp3) is 0.222. The third-order valence-corrected chi connectivity index (χ3v) is 3.71. The van der Waals surface area contributed by atoms with Crippen LogP contribution < -0.4 is 10.1 Å². The monoisotopic (exact) mass is 347 g/mol. The molecule has 1 amide bonds. The molecule has 1 unspecified atom stereocenters. The quantitative estimate of drug-likeness (QED) is 0.812. The summed E-state index contributed by atoms with van der Waals surface area (Å²) in [5, 5.41) is 3.16. The number of benzene rings is 2. The number of halogens is 1. The van der Waals surface area contributed by atoms with Gasteiger partial charge in [0, 0.05) is 10.6 Å². The molecule has 0 heterocycles. The first-order valence-electron chi connectivity index (χ1n) is 7.38. The molecule has 0 aliphatic carbocycles. The number of ether oxygens (including phenoxy) is 2. The first-order chi connectivity index (χ1) is 11.5. The van der Waals surface area contributed by atoms with Crippen LogP contribution in [0.25, 0.3) is 0 Å². The van der Waals surface area contributed by atoms with Gasteiger partial charge in [0.25, 0.3) is 0 Å². The van der Waals surface area contributed by atoms with Crippen LogP contribution in [0.3, 0.4) is 0 Å². The van der Waals surface area contributed by atoms with Crippen molar-refractivity contribution in [2.24, 2.45) is 0 Å². The molecule has 2 aromatic carbocycles. The molecule has 126 valence electrons. The highest BCUT2D eigenvalue weighted by Gasteiger charge is 2.20. The average molecular weight is 348 g/mol. The number of amides is 1. The number of hydrogen-bond donors (Lipinski definition) is 1. The molecule has 0 aliphatic rings. The van der Waals surface area contributed by atoms with E-state index in [0.29, 0.717) is 16.5 Å². The molecule has 24 heavy (non-hydrogen) atoms. The van der Waals surface area contributed by atoms with E-state index >= 15 is 0 Å². The van der Waals surface area contributed by atoms with Crippen LogP contribution in [0.15, 0.2) is 48.5 Å². The highest BCUT2D eigenvalue weighted by Crippen LogP contribution is 2.31. The highest BCUT2D eigenvalue weighted by atomic mass is 35.5. The molecule has 2 aromatic rings. The first-order valence-corrected chi connectivity index (χ1v) is 7.76. The fourth-order valence-electron chi connectivity index (χ4n) is 2.09. The minimum Gasteiger partial charge on any atom is -0.468 e. The zero-order valence-electron chi connectivity index (χ0n) is 13.4. The normalized spacial score (nSPS) is 11.5. The molecular formula is C18H18ClNO4. The number of carbonyl (C=O) groups is 2. The number of methoxy groups -OCH3 is 1. The lowest BCUT2D eigenvalue weighted by Gasteiger charge is -2.16. The Morgan fingerprint density at radius 1 is 1.12 bits per heavy atom. The lowest BCUT2D eigenvalue weighted by Crippen LogP contribution is -2.33. The molecule has 6 heteroatoms. The molecule has 0 saturated carbocycles. The average Bonchev–Trinajstić information content (AvgIpc) is 2.61. The topological polar surface area (TPSA) is 64.6 Å². The van der Waals surface area contributed by atoms with Crippen LogP contribution in [-0.2, 0) is 14.3 Å². The predicted octanol–water partition coefficient (Wildman–Crippen LogP) is 3.53. The third kappa shape index (κ3) is 4.73. The summed E-state index contributed by atoms with van der Waals surface area (Å²) in [5.41, 5.74) is 0.717. The molecule has 5 nitrogen and oxygen atoms in total. The largest absolute Gasteiger partial charge is 0.468 e. The Labute approximate surface area is 145 Å². The van der Waals surface area contributed by atoms with Crippen molar-refractivity contribution in [1.29, 1.82) is 0 Å². The number of hydrogen-bond acceptors (Lipinski definition) is 4. The van der Waals surface area contributed by atoms with Gasteiger partial charge in [0.1, 0.15) is 18.0 Å². The number of nitrogens with one attached hydrogen (secondary N) is 1. The maximum atomic E-state index is 12.2. The second kappa shape index (κ2) is 8.36. The van der Waals surface area contributed by atoms with Gasteiger partial charge in [-0.3, -0.25) is 9.59 Å². The number of carbonyl (C=O) groups excluding carboxylic acids is 2. The van der Waals surface area contributed by atoms with Gasteiger partial charge >= 0.3 is 5.97 Å². The van der Waals surface area contributed by atoms with E-state index in [0.717, 1.165) is 5.56 Å². The fourth-order valence-corrected chi connectivity index (χ4v) is 2.21. The summed E-state index contributed by atoms with van der Waals surface area (Å²) in [6.45, 7) is 1.58. The van der Waals surface area contributed by atoms with E-state index in [1.807, 2.05) is 18.2 Å². The summed E-state index contributed by atoms with van der Waals surface area (Å²) in [5.74, 6) is -0.0819. The van der Waals surface area contributed by atoms with Gasteiger partial charge in [-0.1, -0.05) is 29.8 Å². The van der Waals surface area contributed by atoms with Crippen molar-refractivity contribution >= 4 is 23.5 Å². The highest BCUT2D eigenvalue weighted by molar-refractivity contribution is 6.30. The van der Waals surface area contributed by atoms with Crippen LogP contribution in [0.4, 0.5) is 0 Å². The van der Waals surface area contributed by atoms with Gasteiger partial charge in [-0.05, 0) is 37.3 Å². The van der Waals surface area contributed by atoms with Crippen LogP contribution in [0, 0.1) is 0 Å². The number of rotatable bonds is 6. The van der Waals surface area contributed by atoms with Gasteiger partial charge in [0.15, 0.2) is 0 Å². The molecule has 0 radical (unpaired) electrons. The second-order valence-electron chi connectivity index (χ2n) is 5.11. The van der Waals surface area contributed by atoms with Crippen LogP contribution in [0.2, 0.25) is 5.02 Å². The van der Waals surface area contributed by atoms with Gasteiger partial charge in [-0.2, -0.15) is 0 Å². The van der Waals surface area contributed by atoms with Crippen molar-refractivity contribution in [2.45, 2.75) is 12.8 Å². The molecule has 0 saturated heterocycles. The van der Waals surface area contributed by atoms with Crippen molar-refractivity contribution in [2.75, 3.05) is 13.7 Å². The van der Waals surface area contributed by atoms with E-state index < -0.39 is 11.9 Å². The smallest absolute Gasteiger partial charge is 0.325 e. The van der Waals surface area contributed by atoms with Crippen LogP contribution >= 0.6 is 11.6 Å². The van der Waals surface area contributed by atoms with E-state index in [1.165, 1.54) is 7.11 Å². The zero-order valence-corrected chi connectivity index (χ0v) is 14.2. The van der Waals surface area contributed by atoms with Gasteiger partial charge < -0.3 is 14.8 Å². The SMILES string of the molecule is COC(=O)CNC(=O)C(C)c1ccccc1Oc1ccc(Cl)cc1. The van der Waals surface area contributed by atoms with Crippen LogP contribution in [-0.4, -0.2) is 25.5 Å². The summed E-state index contributed by atoms with van der Waals surface area (Å²) >= 11 is 5.86. The van der Waals surface area contributed by atoms with E-state index in [4.69, 9.17) is 16.3 Å². The van der Waals surface area contributed by atoms with E-state index in [1.54, 1.807) is 37.3 Å². The summed E-state index contributed by atoms with van der Waals surface area (Å²) in [6.07, 6.45) is 0. The molecule has 2 rings (SSSR count). The van der Waals surface area contributed by atoms with E-state index in [2.05, 4.69) is 10.1 Å². The van der Waals surface area contributed by atoms with Crippen molar-refractivity contribution in [3.8, 4) is 11.5 Å². The Kier molecular flexibility index (Phi) is 6.21. The van der Waals surface area contributed by atoms with Gasteiger partial charge in [0.2, 0.25) is 5.91 Å². The Bertz CT molecular complexity index is 715. The molecule has 0 spiro atoms. The number of esters is 1. The third-order valence-electron chi connectivity index (χ3n) is 3.45. The van der Waals surface area contributed by atoms with Crippen molar-refractivity contribution in [1.82, 2.24) is 5.32 Å². The molecule has 1 atom stereocenters. The Hall–Kier alpha value is -2.53. The first kappa shape index (κ1) is 17.8. The minimum absolute atomic E-state index is 0.167. The Morgan fingerprint density at radius 2 is 1.79 bits per heavy atom. The van der Waals surface area contributed by atoms with E-state index in [9.17, 15) is 9.59 Å².